The molecule has 12 rings (SSSR count). The van der Waals surface area contributed by atoms with Crippen LogP contribution in [-0.4, -0.2) is 124 Å². The highest BCUT2D eigenvalue weighted by atomic mass is 32.2. The van der Waals surface area contributed by atoms with Crippen LogP contribution in [0, 0.1) is 139 Å². The molecule has 0 heterocycles. The minimum absolute atomic E-state index is 0.139. The van der Waals surface area contributed by atoms with Crippen molar-refractivity contribution < 1.29 is 61.4 Å². The molecule has 92 heavy (non-hydrogen) atoms. The Labute approximate surface area is 556 Å². The van der Waals surface area contributed by atoms with E-state index in [-0.39, 0.29) is 76.5 Å². The molecular weight excluding hydrogens is 1200 g/mol. The molecule has 0 spiro atoms. The lowest BCUT2D eigenvalue weighted by molar-refractivity contribution is -0.174. The van der Waals surface area contributed by atoms with Crippen LogP contribution in [0.5, 0.6) is 0 Å². The van der Waals surface area contributed by atoms with E-state index in [0.29, 0.717) is 118 Å². The smallest absolute Gasteiger partial charge is 0.283 e. The summed E-state index contributed by atoms with van der Waals surface area (Å²) in [7, 11) is -8.15. The third-order valence-corrected chi connectivity index (χ3v) is 32.8. The number of aliphatic hydroxyl groups is 6. The average molecular weight is 1340 g/mol. The summed E-state index contributed by atoms with van der Waals surface area (Å²) in [6, 6.07) is 0. The van der Waals surface area contributed by atoms with Gasteiger partial charge in [0.2, 0.25) is 5.91 Å². The highest BCUT2D eigenvalue weighted by molar-refractivity contribution is 7.85. The number of hydrogen-bond acceptors (Lipinski definition) is 13. The SMILES string of the molecule is C[C@H](CCC(=O)NCS(=O)(=O)O)[C@H]1CC[C@H]2[C@@H]3[C@@H](O)CC4C[C@H](O)CC[C@]4(C)[C@H]3CC[C@]12C.C[C@H](CCCN)[C@H]1CC[C@H]2[C@@H]3[C@@H](O)CC4C[C@H](O)CC[C@]4(C)[C@H]3CC[C@]12C.C[C@H](CCCNCS(=O)(=O)O)[C@H]1CC[C@H]2[C@@H]3[C@@H](O)CC4C[C@H](O)CC[C@]4(C)[C@H]3CC[C@]12C. The Balaban J connectivity index is 0.000000152. The predicted octanol–water partition coefficient (Wildman–Crippen LogP) is 11.5. The molecular formula is C74H131N3O13S2. The van der Waals surface area contributed by atoms with Gasteiger partial charge in [0.15, 0.2) is 0 Å². The van der Waals surface area contributed by atoms with Crippen LogP contribution in [0.3, 0.4) is 0 Å². The Morgan fingerprint density at radius 2 is 0.750 bits per heavy atom. The molecule has 30 atom stereocenters. The first-order chi connectivity index (χ1) is 43.1. The number of nitrogens with two attached hydrogens (primary N) is 1. The van der Waals surface area contributed by atoms with Crippen molar-refractivity contribution in [1.29, 1.82) is 0 Å². The fraction of sp³-hybridized carbons (Fsp3) is 0.986. The summed E-state index contributed by atoms with van der Waals surface area (Å²) in [6.07, 6.45) is 30.1. The van der Waals surface area contributed by atoms with Crippen molar-refractivity contribution >= 4 is 26.1 Å². The Morgan fingerprint density at radius 1 is 0.435 bits per heavy atom. The van der Waals surface area contributed by atoms with Gasteiger partial charge in [0.05, 0.1) is 36.6 Å². The Kier molecular flexibility index (Phi) is 22.9. The number of aliphatic hydroxyl groups excluding tert-OH is 6. The molecule has 12 saturated carbocycles. The third-order valence-electron chi connectivity index (χ3n) is 31.7. The zero-order valence-electron chi connectivity index (χ0n) is 58.4. The maximum absolute atomic E-state index is 12.1. The molecule has 18 heteroatoms. The van der Waals surface area contributed by atoms with Gasteiger partial charge in [-0.2, -0.15) is 16.8 Å². The van der Waals surface area contributed by atoms with E-state index < -0.39 is 26.1 Å². The first-order valence-corrected chi connectivity index (χ1v) is 41.0. The van der Waals surface area contributed by atoms with Crippen molar-refractivity contribution in [2.24, 2.45) is 145 Å². The van der Waals surface area contributed by atoms with Crippen LogP contribution < -0.4 is 16.4 Å². The van der Waals surface area contributed by atoms with Gasteiger partial charge in [-0.05, 0) is 338 Å². The van der Waals surface area contributed by atoms with Crippen LogP contribution in [-0.2, 0) is 25.0 Å². The molecule has 12 aliphatic carbocycles. The first-order valence-electron chi connectivity index (χ1n) is 37.8. The summed E-state index contributed by atoms with van der Waals surface area (Å²) in [5.74, 6) is 8.33. The molecule has 0 aromatic carbocycles. The normalized spacial score (nSPS) is 48.7. The fourth-order valence-corrected chi connectivity index (χ4v) is 27.7. The second kappa shape index (κ2) is 28.5. The highest BCUT2D eigenvalue weighted by Gasteiger charge is 2.66. The fourth-order valence-electron chi connectivity index (χ4n) is 26.9. The van der Waals surface area contributed by atoms with Crippen molar-refractivity contribution in [1.82, 2.24) is 10.6 Å². The number of rotatable bonds is 17. The molecule has 0 aromatic heterocycles. The second-order valence-corrected chi connectivity index (χ2v) is 38.9. The molecule has 0 aromatic rings. The molecule has 12 fully saturated rings. The van der Waals surface area contributed by atoms with Gasteiger partial charge in [0, 0.05) is 6.42 Å². The largest absolute Gasteiger partial charge is 0.393 e. The van der Waals surface area contributed by atoms with E-state index >= 15 is 0 Å². The van der Waals surface area contributed by atoms with Crippen LogP contribution in [0.4, 0.5) is 0 Å². The molecule has 0 bridgehead atoms. The van der Waals surface area contributed by atoms with Gasteiger partial charge in [-0.25, -0.2) is 0 Å². The summed E-state index contributed by atoms with van der Waals surface area (Å²) in [5.41, 5.74) is 7.46. The number of amides is 1. The molecule has 16 nitrogen and oxygen atoms in total. The number of carbonyl (C=O) groups is 1. The van der Waals surface area contributed by atoms with Gasteiger partial charge >= 0.3 is 0 Å². The molecule has 12 N–H and O–H groups in total. The summed E-state index contributed by atoms with van der Waals surface area (Å²) in [5, 5.41) is 69.7. The van der Waals surface area contributed by atoms with Crippen LogP contribution in [0.2, 0.25) is 0 Å². The van der Waals surface area contributed by atoms with Crippen molar-refractivity contribution in [3.63, 3.8) is 0 Å². The van der Waals surface area contributed by atoms with Gasteiger partial charge in [0.1, 0.15) is 11.8 Å². The number of fused-ring (bicyclic) bond motifs is 15. The molecule has 0 saturated heterocycles. The Bertz CT molecular complexity index is 2730. The first kappa shape index (κ1) is 73.7. The van der Waals surface area contributed by atoms with Gasteiger partial charge in [-0.3, -0.25) is 13.9 Å². The molecule has 532 valence electrons. The quantitative estimate of drug-likeness (QED) is 0.0477. The van der Waals surface area contributed by atoms with E-state index in [1.54, 1.807) is 0 Å². The average Bonchev–Trinajstić information content (AvgIpc) is 1.33. The number of nitrogens with one attached hydrogen (secondary N) is 2. The van der Waals surface area contributed by atoms with E-state index in [1.807, 2.05) is 0 Å². The molecule has 0 radical (unpaired) electrons. The van der Waals surface area contributed by atoms with Gasteiger partial charge in [-0.15, -0.1) is 0 Å². The Hall–Kier alpha value is -1.03. The van der Waals surface area contributed by atoms with Crippen LogP contribution in [0.15, 0.2) is 0 Å². The van der Waals surface area contributed by atoms with Gasteiger partial charge in [-0.1, -0.05) is 62.3 Å². The summed E-state index contributed by atoms with van der Waals surface area (Å²) < 4.78 is 61.1. The predicted molar refractivity (Wildman–Crippen MR) is 361 cm³/mol. The summed E-state index contributed by atoms with van der Waals surface area (Å²) in [4.78, 5) is 12.1. The van der Waals surface area contributed by atoms with Crippen molar-refractivity contribution in [2.45, 2.75) is 292 Å². The zero-order chi connectivity index (χ0) is 66.9. The van der Waals surface area contributed by atoms with E-state index in [4.69, 9.17) is 14.8 Å². The Morgan fingerprint density at radius 3 is 1.09 bits per heavy atom. The van der Waals surface area contributed by atoms with Crippen molar-refractivity contribution in [2.75, 3.05) is 24.8 Å². The van der Waals surface area contributed by atoms with E-state index in [9.17, 15) is 52.3 Å². The minimum atomic E-state index is -4.20. The third kappa shape index (κ3) is 14.5. The topological polar surface area (TPSA) is 297 Å². The van der Waals surface area contributed by atoms with Crippen LogP contribution >= 0.6 is 0 Å². The van der Waals surface area contributed by atoms with Crippen LogP contribution in [0.1, 0.15) is 255 Å². The molecule has 0 aliphatic heterocycles. The van der Waals surface area contributed by atoms with E-state index in [2.05, 4.69) is 72.9 Å². The zero-order valence-corrected chi connectivity index (χ0v) is 60.0. The minimum Gasteiger partial charge on any atom is -0.393 e. The maximum atomic E-state index is 12.1. The lowest BCUT2D eigenvalue weighted by atomic mass is 9.43. The number of hydrogen-bond donors (Lipinski definition) is 11. The van der Waals surface area contributed by atoms with Crippen molar-refractivity contribution in [3.8, 4) is 0 Å². The lowest BCUT2D eigenvalue weighted by Gasteiger charge is -2.62. The molecule has 12 aliphatic rings. The van der Waals surface area contributed by atoms with E-state index in [1.165, 1.54) is 57.8 Å². The highest BCUT2D eigenvalue weighted by Crippen LogP contribution is 2.72. The van der Waals surface area contributed by atoms with Crippen LogP contribution in [0.25, 0.3) is 0 Å². The standard InChI is InChI=1S/C25H43NO6S.C25H45NO5S.C24H43NO2/c1-15(4-7-22(29)26-14-33(30,31)32)18-5-6-19-23-20(9-11-25(18,19)3)24(2)10-8-17(27)12-16(24)13-21(23)28;1-16(5-4-12-26-15-32(29,30)31)19-6-7-20-23-21(9-11-25(19,20)3)24(2)10-8-18(27)13-17(24)14-22(23)28;1-15(5-4-12-25)18-6-7-19-22-20(9-11-24(18,19)3)23(2)10-8-17(26)13-16(23)14-21(22)27/h15-21,23,27-28H,4-14H2,1-3H3,(H,26,29)(H,30,31,32);16-23,26-28H,4-15H2,1-3H3,(H,29,30,31);15-22,26-27H,4-14,25H2,1-3H3/t15-,16?,17-,18-,19+,20+,21+,23+,24+,25-;16-,17?,18-,19-,20+,21+,22+,23+,24+,25-;15-,16?,17-,18-,19+,20+,21+,22+,23+,24-/m111/s1. The van der Waals surface area contributed by atoms with Gasteiger partial charge < -0.3 is 47.0 Å². The summed E-state index contributed by atoms with van der Waals surface area (Å²) >= 11 is 0. The lowest BCUT2D eigenvalue weighted by Crippen LogP contribution is -2.58. The maximum Gasteiger partial charge on any atom is 0.283 e. The second-order valence-electron chi connectivity index (χ2n) is 36.0. The van der Waals surface area contributed by atoms with Gasteiger partial charge in [0.25, 0.3) is 20.2 Å². The van der Waals surface area contributed by atoms with Crippen molar-refractivity contribution in [3.05, 3.63) is 0 Å². The molecule has 1 amide bonds. The summed E-state index contributed by atoms with van der Waals surface area (Å²) in [6.45, 7) is 23.3. The molecule has 3 unspecified atom stereocenters. The monoisotopic (exact) mass is 1330 g/mol. The van der Waals surface area contributed by atoms with E-state index in [0.717, 1.165) is 140 Å². The number of carbonyl (C=O) groups excluding carboxylic acids is 1.